The van der Waals surface area contributed by atoms with Gasteiger partial charge in [0.25, 0.3) is 0 Å². The van der Waals surface area contributed by atoms with Crippen molar-refractivity contribution >= 4 is 11.6 Å². The largest absolute Gasteiger partial charge is 0.373 e. The van der Waals surface area contributed by atoms with Gasteiger partial charge in [0.15, 0.2) is 0 Å². The molecule has 0 saturated carbocycles. The lowest BCUT2D eigenvalue weighted by Gasteiger charge is -2.32. The summed E-state index contributed by atoms with van der Waals surface area (Å²) < 4.78 is 14.0. The molecule has 3 aliphatic heterocycles. The van der Waals surface area contributed by atoms with Crippen LogP contribution in [0.25, 0.3) is 0 Å². The molecule has 1 amide bonds. The number of carbonyl (C=O) groups is 1. The topological polar surface area (TPSA) is 68.4 Å². The maximum Gasteiger partial charge on any atom is 0.244 e. The van der Waals surface area contributed by atoms with Crippen LogP contribution in [0.5, 0.6) is 0 Å². The summed E-state index contributed by atoms with van der Waals surface area (Å²) in [5.74, 6) is 0.325. The van der Waals surface area contributed by atoms with Gasteiger partial charge < -0.3 is 15.5 Å². The normalized spacial score (nSPS) is 29.4. The maximum atomic E-state index is 14.0. The van der Waals surface area contributed by atoms with Crippen LogP contribution in [0.4, 0.5) is 10.1 Å². The minimum absolute atomic E-state index is 0.0800. The first-order chi connectivity index (χ1) is 12.5. The first-order valence-electron chi connectivity index (χ1n) is 9.55. The van der Waals surface area contributed by atoms with Crippen LogP contribution in [-0.4, -0.2) is 49.2 Å². The van der Waals surface area contributed by atoms with E-state index in [9.17, 15) is 9.18 Å². The molecule has 26 heavy (non-hydrogen) atoms. The van der Waals surface area contributed by atoms with Crippen molar-refractivity contribution in [3.63, 3.8) is 0 Å². The van der Waals surface area contributed by atoms with Crippen molar-refractivity contribution < 1.29 is 9.18 Å². The second-order valence-electron chi connectivity index (χ2n) is 7.95. The molecule has 4 rings (SSSR count). The number of aryl methyl sites for hydroxylation is 1. The molecule has 0 radical (unpaired) electrons. The summed E-state index contributed by atoms with van der Waals surface area (Å²) in [7, 11) is 2.16. The Balaban J connectivity index is 1.31. The number of benzene rings is 1. The molecule has 6 nitrogen and oxygen atoms in total. The summed E-state index contributed by atoms with van der Waals surface area (Å²) in [5.41, 5.74) is 8.93. The molecular weight excluding hydrogens is 333 g/mol. The van der Waals surface area contributed by atoms with E-state index in [1.807, 2.05) is 6.92 Å². The van der Waals surface area contributed by atoms with E-state index in [4.69, 9.17) is 0 Å². The molecule has 3 aliphatic rings. The monoisotopic (exact) mass is 361 g/mol. The molecule has 0 spiro atoms. The molecule has 3 heterocycles. The fraction of sp³-hybridized carbons (Fsp3) is 0.632. The number of piperidine rings is 1. The number of amides is 1. The minimum Gasteiger partial charge on any atom is -0.373 e. The van der Waals surface area contributed by atoms with Crippen LogP contribution in [0.1, 0.15) is 30.4 Å². The zero-order valence-corrected chi connectivity index (χ0v) is 15.4. The lowest BCUT2D eigenvalue weighted by Crippen LogP contribution is -2.49. The van der Waals surface area contributed by atoms with Gasteiger partial charge in [-0.2, -0.15) is 0 Å². The number of nitrogens with zero attached hydrogens (tertiary/aromatic N) is 1. The van der Waals surface area contributed by atoms with Crippen molar-refractivity contribution in [3.8, 4) is 0 Å². The molecule has 1 aromatic rings. The first-order valence-corrected chi connectivity index (χ1v) is 9.55. The smallest absolute Gasteiger partial charge is 0.244 e. The number of halogens is 1. The Labute approximate surface area is 153 Å². The van der Waals surface area contributed by atoms with Gasteiger partial charge in [0.2, 0.25) is 5.91 Å². The van der Waals surface area contributed by atoms with Crippen molar-refractivity contribution in [1.82, 2.24) is 21.1 Å². The van der Waals surface area contributed by atoms with Crippen LogP contribution in [0.3, 0.4) is 0 Å². The van der Waals surface area contributed by atoms with Gasteiger partial charge in [0.05, 0.1) is 6.17 Å². The van der Waals surface area contributed by atoms with Gasteiger partial charge >= 0.3 is 0 Å². The van der Waals surface area contributed by atoms with Crippen LogP contribution in [0.15, 0.2) is 12.1 Å². The number of carbonyl (C=O) groups excluding carboxylic acids is 1. The lowest BCUT2D eigenvalue weighted by molar-refractivity contribution is -0.122. The Kier molecular flexibility index (Phi) is 4.86. The first kappa shape index (κ1) is 17.7. The lowest BCUT2D eigenvalue weighted by atomic mass is 9.88. The fourth-order valence-electron chi connectivity index (χ4n) is 4.42. The third-order valence-corrected chi connectivity index (χ3v) is 6.09. The van der Waals surface area contributed by atoms with Gasteiger partial charge in [-0.15, -0.1) is 0 Å². The van der Waals surface area contributed by atoms with Crippen LogP contribution in [0, 0.1) is 18.7 Å². The van der Waals surface area contributed by atoms with Crippen LogP contribution in [-0.2, 0) is 11.2 Å². The minimum atomic E-state index is -0.412. The van der Waals surface area contributed by atoms with E-state index >= 15 is 0 Å². The van der Waals surface area contributed by atoms with E-state index in [1.54, 1.807) is 6.07 Å². The number of fused-ring (bicyclic) bond motifs is 1. The molecule has 142 valence electrons. The molecule has 3 unspecified atom stereocenters. The summed E-state index contributed by atoms with van der Waals surface area (Å²) in [6.07, 6.45) is 3.58. The highest BCUT2D eigenvalue weighted by Gasteiger charge is 2.35. The van der Waals surface area contributed by atoms with Gasteiger partial charge in [0, 0.05) is 23.7 Å². The second-order valence-corrected chi connectivity index (χ2v) is 7.95. The average molecular weight is 361 g/mol. The molecular formula is C19H28FN5O. The second kappa shape index (κ2) is 7.13. The van der Waals surface area contributed by atoms with Gasteiger partial charge in [0.1, 0.15) is 11.9 Å². The SMILES string of the molecule is Cc1ccc(F)c2c1NC(C(=O)NC1CC(C3CCN(C)CC3)NN1)C2. The van der Waals surface area contributed by atoms with Crippen molar-refractivity contribution in [1.29, 1.82) is 0 Å². The standard InChI is InChI=1S/C19H28FN5O/c1-11-3-4-14(20)13-9-16(21-18(11)13)19(26)22-17-10-15(23-24-17)12-5-7-25(2)8-6-12/h3-4,12,15-17,21,23-24H,5-10H2,1-2H3,(H,22,26). The summed E-state index contributed by atoms with van der Waals surface area (Å²) in [5, 5.41) is 6.26. The molecule has 3 atom stereocenters. The van der Waals surface area contributed by atoms with Crippen LogP contribution in [0.2, 0.25) is 0 Å². The summed E-state index contributed by atoms with van der Waals surface area (Å²) in [6.45, 7) is 4.20. The average Bonchev–Trinajstić information content (AvgIpc) is 3.27. The Bertz CT molecular complexity index is 658. The van der Waals surface area contributed by atoms with E-state index in [1.165, 1.54) is 18.9 Å². The van der Waals surface area contributed by atoms with E-state index < -0.39 is 6.04 Å². The van der Waals surface area contributed by atoms with Crippen molar-refractivity contribution in [2.75, 3.05) is 25.5 Å². The van der Waals surface area contributed by atoms with Gasteiger partial charge in [-0.25, -0.2) is 9.82 Å². The van der Waals surface area contributed by atoms with Gasteiger partial charge in [-0.05, 0) is 63.9 Å². The maximum absolute atomic E-state index is 14.0. The van der Waals surface area contributed by atoms with Crippen molar-refractivity contribution in [2.45, 2.75) is 50.9 Å². The highest BCUT2D eigenvalue weighted by atomic mass is 19.1. The predicted molar refractivity (Wildman–Crippen MR) is 99.1 cm³/mol. The summed E-state index contributed by atoms with van der Waals surface area (Å²) in [6, 6.07) is 3.20. The zero-order chi connectivity index (χ0) is 18.3. The molecule has 1 aromatic carbocycles. The van der Waals surface area contributed by atoms with E-state index in [0.717, 1.165) is 30.8 Å². The molecule has 2 fully saturated rings. The highest BCUT2D eigenvalue weighted by Crippen LogP contribution is 2.31. The Hall–Kier alpha value is -1.70. The number of likely N-dealkylation sites (tertiary alicyclic amines) is 1. The van der Waals surface area contributed by atoms with Crippen molar-refractivity contribution in [3.05, 3.63) is 29.1 Å². The van der Waals surface area contributed by atoms with Crippen LogP contribution >= 0.6 is 0 Å². The van der Waals surface area contributed by atoms with Gasteiger partial charge in [-0.3, -0.25) is 10.2 Å². The number of rotatable bonds is 3. The van der Waals surface area contributed by atoms with E-state index in [0.29, 0.717) is 23.9 Å². The van der Waals surface area contributed by atoms with E-state index in [2.05, 4.69) is 33.4 Å². The Morgan fingerprint density at radius 3 is 2.77 bits per heavy atom. The third-order valence-electron chi connectivity index (χ3n) is 6.09. The summed E-state index contributed by atoms with van der Waals surface area (Å²) in [4.78, 5) is 15.0. The number of anilines is 1. The van der Waals surface area contributed by atoms with Crippen LogP contribution < -0.4 is 21.5 Å². The third kappa shape index (κ3) is 3.43. The quantitative estimate of drug-likeness (QED) is 0.650. The molecule has 4 N–H and O–H groups in total. The molecule has 7 heteroatoms. The molecule has 0 bridgehead atoms. The molecule has 2 saturated heterocycles. The number of hydrogen-bond acceptors (Lipinski definition) is 5. The number of nitrogens with one attached hydrogen (secondary N) is 4. The molecule has 0 aromatic heterocycles. The van der Waals surface area contributed by atoms with Gasteiger partial charge in [-0.1, -0.05) is 6.07 Å². The fourth-order valence-corrected chi connectivity index (χ4v) is 4.42. The predicted octanol–water partition coefficient (Wildman–Crippen LogP) is 1.12. The Morgan fingerprint density at radius 1 is 1.27 bits per heavy atom. The van der Waals surface area contributed by atoms with Crippen molar-refractivity contribution in [2.24, 2.45) is 5.92 Å². The summed E-state index contributed by atoms with van der Waals surface area (Å²) >= 11 is 0. The Morgan fingerprint density at radius 2 is 2.04 bits per heavy atom. The molecule has 0 aliphatic carbocycles. The zero-order valence-electron chi connectivity index (χ0n) is 15.4. The highest BCUT2D eigenvalue weighted by molar-refractivity contribution is 5.88. The number of hydrazine groups is 1. The van der Waals surface area contributed by atoms with E-state index in [-0.39, 0.29) is 17.9 Å². The number of hydrogen-bond donors (Lipinski definition) is 4.